The molecule has 0 unspecified atom stereocenters. The van der Waals surface area contributed by atoms with Crippen LogP contribution in [0.25, 0.3) is 21.8 Å². The first-order valence-electron chi connectivity index (χ1n) is 11.2. The van der Waals surface area contributed by atoms with Crippen molar-refractivity contribution < 1.29 is 50.3 Å². The van der Waals surface area contributed by atoms with Gasteiger partial charge in [0.1, 0.15) is 48.6 Å². The minimum absolute atomic E-state index is 0.168. The summed E-state index contributed by atoms with van der Waals surface area (Å²) in [5.74, 6) is 0.354. The summed E-state index contributed by atoms with van der Waals surface area (Å²) in [5, 5.41) is 82.4. The van der Waals surface area contributed by atoms with Gasteiger partial charge in [0.05, 0.1) is 30.4 Å². The molecule has 0 spiro atoms. The lowest BCUT2D eigenvalue weighted by atomic mass is 9.98. The molecule has 4 rings (SSSR count). The maximum absolute atomic E-state index is 10.7. The van der Waals surface area contributed by atoms with Crippen molar-refractivity contribution in [2.75, 3.05) is 13.2 Å². The average molecular weight is 494 g/mol. The van der Waals surface area contributed by atoms with E-state index in [0.717, 1.165) is 16.3 Å². The highest BCUT2D eigenvalue weighted by atomic mass is 16.7. The molecule has 0 aliphatic carbocycles. The topological polar surface area (TPSA) is 209 Å². The Morgan fingerprint density at radius 2 is 1.63 bits per heavy atom. The van der Waals surface area contributed by atoms with Crippen molar-refractivity contribution in [3.8, 4) is 0 Å². The minimum atomic E-state index is -1.80. The van der Waals surface area contributed by atoms with Crippen molar-refractivity contribution in [1.29, 1.82) is 0 Å². The molecule has 0 bridgehead atoms. The van der Waals surface area contributed by atoms with Gasteiger partial charge in [-0.3, -0.25) is 0 Å². The number of hydrogen-bond donors (Lipinski definition) is 9. The van der Waals surface area contributed by atoms with Crippen molar-refractivity contribution in [2.24, 2.45) is 0 Å². The first-order chi connectivity index (χ1) is 16.7. The minimum Gasteiger partial charge on any atom is -0.394 e. The highest BCUT2D eigenvalue weighted by Crippen LogP contribution is 2.26. The van der Waals surface area contributed by atoms with Gasteiger partial charge < -0.3 is 55.3 Å². The third-order valence-corrected chi connectivity index (χ3v) is 6.24. The van der Waals surface area contributed by atoms with E-state index in [9.17, 15) is 40.9 Å². The second-order valence-electron chi connectivity index (χ2n) is 8.71. The molecule has 1 saturated heterocycles. The molecule has 2 heterocycles. The van der Waals surface area contributed by atoms with Crippen LogP contribution < -0.4 is 0 Å². The van der Waals surface area contributed by atoms with Crippen LogP contribution in [-0.4, -0.2) is 119 Å². The van der Waals surface area contributed by atoms with Crippen LogP contribution in [0.3, 0.4) is 0 Å². The molecule has 0 amide bonds. The Morgan fingerprint density at radius 1 is 0.943 bits per heavy atom. The molecule has 1 aromatic heterocycles. The fourth-order valence-electron chi connectivity index (χ4n) is 4.22. The number of nitrogens with zero attached hydrogens (tertiary/aromatic N) is 1. The Morgan fingerprint density at radius 3 is 2.29 bits per heavy atom. The van der Waals surface area contributed by atoms with Gasteiger partial charge in [0.15, 0.2) is 6.29 Å². The summed E-state index contributed by atoms with van der Waals surface area (Å²) in [6.45, 7) is -1.56. The first kappa shape index (κ1) is 25.9. The van der Waals surface area contributed by atoms with E-state index in [1.54, 1.807) is 0 Å². The zero-order chi connectivity index (χ0) is 25.3. The molecule has 3 aromatic rings. The molecule has 0 saturated carbocycles. The van der Waals surface area contributed by atoms with Crippen molar-refractivity contribution >= 4 is 21.8 Å². The van der Waals surface area contributed by atoms with Crippen LogP contribution in [0.1, 0.15) is 5.82 Å². The van der Waals surface area contributed by atoms with Crippen LogP contribution in [0, 0.1) is 0 Å². The van der Waals surface area contributed by atoms with Gasteiger partial charge in [0.25, 0.3) is 0 Å². The Kier molecular flexibility index (Phi) is 7.98. The summed E-state index contributed by atoms with van der Waals surface area (Å²) >= 11 is 0. The molecular weight excluding hydrogens is 464 g/mol. The Hall–Kier alpha value is -2.23. The third kappa shape index (κ3) is 5.32. The lowest BCUT2D eigenvalue weighted by Crippen LogP contribution is -2.61. The molecule has 0 radical (unpaired) electrons. The van der Waals surface area contributed by atoms with Crippen molar-refractivity contribution in [1.82, 2.24) is 9.97 Å². The van der Waals surface area contributed by atoms with Crippen LogP contribution in [0.2, 0.25) is 0 Å². The number of rotatable bonds is 9. The number of imidazole rings is 1. The summed E-state index contributed by atoms with van der Waals surface area (Å²) < 4.78 is 10.7. The molecule has 2 aromatic carbocycles. The lowest BCUT2D eigenvalue weighted by molar-refractivity contribution is -0.327. The van der Waals surface area contributed by atoms with Gasteiger partial charge in [0.2, 0.25) is 0 Å². The van der Waals surface area contributed by atoms with E-state index in [0.29, 0.717) is 11.3 Å². The zero-order valence-electron chi connectivity index (χ0n) is 18.6. The summed E-state index contributed by atoms with van der Waals surface area (Å²) in [6.07, 6.45) is -15.0. The van der Waals surface area contributed by atoms with Crippen LogP contribution in [0.15, 0.2) is 36.4 Å². The lowest BCUT2D eigenvalue weighted by Gasteiger charge is -2.42. The molecule has 12 heteroatoms. The fourth-order valence-corrected chi connectivity index (χ4v) is 4.22. The highest BCUT2D eigenvalue weighted by Gasteiger charge is 2.46. The highest BCUT2D eigenvalue weighted by molar-refractivity contribution is 5.95. The Balaban J connectivity index is 1.50. The van der Waals surface area contributed by atoms with E-state index in [1.807, 2.05) is 36.4 Å². The smallest absolute Gasteiger partial charge is 0.187 e. The van der Waals surface area contributed by atoms with Crippen molar-refractivity contribution in [3.05, 3.63) is 42.2 Å². The Bertz CT molecular complexity index is 1070. The predicted molar refractivity (Wildman–Crippen MR) is 121 cm³/mol. The normalized spacial score (nSPS) is 28.7. The largest absolute Gasteiger partial charge is 0.394 e. The van der Waals surface area contributed by atoms with Crippen LogP contribution in [0.4, 0.5) is 0 Å². The van der Waals surface area contributed by atoms with E-state index in [2.05, 4.69) is 9.97 Å². The maximum atomic E-state index is 10.7. The monoisotopic (exact) mass is 494 g/mol. The number of ether oxygens (including phenoxy) is 2. The van der Waals surface area contributed by atoms with Crippen LogP contribution >= 0.6 is 0 Å². The number of aliphatic hydroxyl groups is 8. The van der Waals surface area contributed by atoms with E-state index < -0.39 is 68.3 Å². The second kappa shape index (κ2) is 10.8. The quantitative estimate of drug-likeness (QED) is 0.152. The fraction of sp³-hybridized carbons (Fsp3) is 0.522. The molecule has 12 nitrogen and oxygen atoms in total. The summed E-state index contributed by atoms with van der Waals surface area (Å²) in [5.41, 5.74) is 1.38. The van der Waals surface area contributed by atoms with Crippen molar-refractivity contribution in [3.63, 3.8) is 0 Å². The molecular formula is C23H30N2O10. The third-order valence-electron chi connectivity index (χ3n) is 6.24. The van der Waals surface area contributed by atoms with Gasteiger partial charge in [-0.1, -0.05) is 24.3 Å². The molecule has 9 N–H and O–H groups in total. The van der Waals surface area contributed by atoms with E-state index >= 15 is 0 Å². The average Bonchev–Trinajstić information content (AvgIpc) is 3.25. The standard InChI is InChI=1S/C23H30N2O10/c26-8-15(29)22(35-23-21(33)20(32)19(31)16(9-27)34-23)18(30)14(28)7-17-24-12-5-10-3-1-2-4-11(10)6-13(12)25-17/h1-6,14-16,18-23,26-33H,7-9H2,(H,24,25)/t14-,15+,16+,18+,19+,20-,21+,22+,23+/m0/s1. The van der Waals surface area contributed by atoms with E-state index in [-0.39, 0.29) is 6.42 Å². The molecule has 9 atom stereocenters. The number of hydrogen-bond acceptors (Lipinski definition) is 11. The number of fused-ring (bicyclic) bond motifs is 2. The molecule has 1 fully saturated rings. The summed E-state index contributed by atoms with van der Waals surface area (Å²) in [6, 6.07) is 11.5. The first-order valence-corrected chi connectivity index (χ1v) is 11.2. The van der Waals surface area contributed by atoms with Gasteiger partial charge in [-0.05, 0) is 22.9 Å². The van der Waals surface area contributed by atoms with Gasteiger partial charge >= 0.3 is 0 Å². The Labute approximate surface area is 199 Å². The number of H-pyrrole nitrogens is 1. The van der Waals surface area contributed by atoms with E-state index in [4.69, 9.17) is 9.47 Å². The van der Waals surface area contributed by atoms with Crippen LogP contribution in [-0.2, 0) is 15.9 Å². The van der Waals surface area contributed by atoms with Gasteiger partial charge in [-0.2, -0.15) is 0 Å². The number of aromatic amines is 1. The van der Waals surface area contributed by atoms with Crippen LogP contribution in [0.5, 0.6) is 0 Å². The molecule has 1 aliphatic rings. The number of benzene rings is 2. The number of aromatic nitrogens is 2. The van der Waals surface area contributed by atoms with E-state index in [1.165, 1.54) is 0 Å². The zero-order valence-corrected chi connectivity index (χ0v) is 18.6. The summed E-state index contributed by atoms with van der Waals surface area (Å²) in [7, 11) is 0. The van der Waals surface area contributed by atoms with Gasteiger partial charge in [-0.15, -0.1) is 0 Å². The second-order valence-corrected chi connectivity index (χ2v) is 8.71. The predicted octanol–water partition coefficient (Wildman–Crippen LogP) is -2.48. The summed E-state index contributed by atoms with van der Waals surface area (Å²) in [4.78, 5) is 7.52. The molecule has 1 aliphatic heterocycles. The van der Waals surface area contributed by atoms with Gasteiger partial charge in [0, 0.05) is 6.42 Å². The number of nitrogens with one attached hydrogen (secondary N) is 1. The maximum Gasteiger partial charge on any atom is 0.187 e. The van der Waals surface area contributed by atoms with Gasteiger partial charge in [-0.25, -0.2) is 4.98 Å². The molecule has 192 valence electrons. The van der Waals surface area contributed by atoms with Crippen molar-refractivity contribution in [2.45, 2.75) is 61.5 Å². The number of aliphatic hydroxyl groups excluding tert-OH is 8. The SMILES string of the molecule is OC[C@@H](O)[C@@H](O[C@H]1O[C@H](CO)[C@@H](O)[C@H](O)[C@H]1O)[C@H](O)[C@@H](O)Cc1nc2cc3ccccc3cc2[nH]1. The molecule has 35 heavy (non-hydrogen) atoms.